The van der Waals surface area contributed by atoms with E-state index in [0.29, 0.717) is 5.69 Å². The number of nitro groups is 1. The van der Waals surface area contributed by atoms with Gasteiger partial charge in [-0.15, -0.1) is 0 Å². The fraction of sp³-hybridized carbons (Fsp3) is 0.118. The Bertz CT molecular complexity index is 937. The molecule has 0 bridgehead atoms. The van der Waals surface area contributed by atoms with E-state index in [-0.39, 0.29) is 17.0 Å². The van der Waals surface area contributed by atoms with Crippen molar-refractivity contribution in [2.45, 2.75) is 6.04 Å². The zero-order chi connectivity index (χ0) is 18.0. The maximum atomic E-state index is 13.0. The Labute approximate surface area is 144 Å². The second kappa shape index (κ2) is 6.48. The second-order valence-electron chi connectivity index (χ2n) is 5.54. The van der Waals surface area contributed by atoms with Gasteiger partial charge in [0.15, 0.2) is 9.84 Å². The van der Waals surface area contributed by atoms with E-state index in [0.717, 1.165) is 5.41 Å². The topological polar surface area (TPSA) is 97.6 Å². The summed E-state index contributed by atoms with van der Waals surface area (Å²) in [5, 5.41) is 11.9. The highest BCUT2D eigenvalue weighted by atomic mass is 32.2. The first-order valence-electron chi connectivity index (χ1n) is 7.41. The Morgan fingerprint density at radius 1 is 1.08 bits per heavy atom. The SMILES string of the molecule is O=C(c1ccc([N+](=O)[O-])cc1)N(c1ccccc1)[C@@H]1C=CS(=O)(=O)C1. The first kappa shape index (κ1) is 16.8. The largest absolute Gasteiger partial charge is 0.300 e. The molecule has 0 spiro atoms. The van der Waals surface area contributed by atoms with E-state index in [1.54, 1.807) is 30.3 Å². The molecule has 7 nitrogen and oxygen atoms in total. The number of amides is 1. The number of para-hydroxylation sites is 1. The molecule has 0 aliphatic carbocycles. The van der Waals surface area contributed by atoms with Gasteiger partial charge in [0.25, 0.3) is 11.6 Å². The minimum atomic E-state index is -3.35. The van der Waals surface area contributed by atoms with Gasteiger partial charge in [-0.3, -0.25) is 14.9 Å². The van der Waals surface area contributed by atoms with Crippen LogP contribution in [0.25, 0.3) is 0 Å². The smallest absolute Gasteiger partial charge is 0.269 e. The third kappa shape index (κ3) is 3.58. The van der Waals surface area contributed by atoms with Crippen molar-refractivity contribution in [3.05, 3.63) is 81.8 Å². The normalized spacial score (nSPS) is 18.0. The molecule has 1 atom stereocenters. The van der Waals surface area contributed by atoms with Crippen molar-refractivity contribution in [1.29, 1.82) is 0 Å². The lowest BCUT2D eigenvalue weighted by atomic mass is 10.1. The van der Waals surface area contributed by atoms with Crippen LogP contribution in [0.3, 0.4) is 0 Å². The Balaban J connectivity index is 1.98. The molecule has 1 aliphatic heterocycles. The number of nitrogens with zero attached hydrogens (tertiary/aromatic N) is 2. The summed E-state index contributed by atoms with van der Waals surface area (Å²) in [6.07, 6.45) is 1.48. The van der Waals surface area contributed by atoms with Gasteiger partial charge in [-0.25, -0.2) is 8.42 Å². The predicted octanol–water partition coefficient (Wildman–Crippen LogP) is 2.55. The summed E-state index contributed by atoms with van der Waals surface area (Å²) in [6.45, 7) is 0. The second-order valence-corrected chi connectivity index (χ2v) is 7.47. The number of carbonyl (C=O) groups is 1. The minimum Gasteiger partial charge on any atom is -0.300 e. The highest BCUT2D eigenvalue weighted by molar-refractivity contribution is 7.94. The number of hydrogen-bond acceptors (Lipinski definition) is 5. The molecular weight excluding hydrogens is 344 g/mol. The number of anilines is 1. The van der Waals surface area contributed by atoms with Crippen LogP contribution >= 0.6 is 0 Å². The summed E-state index contributed by atoms with van der Waals surface area (Å²) < 4.78 is 23.5. The fourth-order valence-corrected chi connectivity index (χ4v) is 3.90. The van der Waals surface area contributed by atoms with Crippen LogP contribution in [-0.2, 0) is 9.84 Å². The van der Waals surface area contributed by atoms with Gasteiger partial charge in [0.05, 0.1) is 16.7 Å². The quantitative estimate of drug-likeness (QED) is 0.618. The summed E-state index contributed by atoms with van der Waals surface area (Å²) in [6, 6.07) is 13.3. The molecule has 0 unspecified atom stereocenters. The average Bonchev–Trinajstić information content (AvgIpc) is 2.95. The number of sulfone groups is 1. The van der Waals surface area contributed by atoms with Crippen molar-refractivity contribution >= 4 is 27.1 Å². The van der Waals surface area contributed by atoms with Crippen LogP contribution in [0.4, 0.5) is 11.4 Å². The van der Waals surface area contributed by atoms with Gasteiger partial charge in [0, 0.05) is 28.8 Å². The number of non-ortho nitro benzene ring substituents is 1. The van der Waals surface area contributed by atoms with E-state index in [1.165, 1.54) is 35.2 Å². The molecule has 2 aromatic rings. The standard InChI is InChI=1S/C17H14N2O5S/c20-17(13-6-8-15(9-7-13)19(21)22)18(14-4-2-1-3-5-14)16-10-11-25(23,24)12-16/h1-11,16H,12H2/t16-/m1/s1. The van der Waals surface area contributed by atoms with Crippen LogP contribution in [0.15, 0.2) is 66.1 Å². The number of hydrogen-bond donors (Lipinski definition) is 0. The van der Waals surface area contributed by atoms with Crippen molar-refractivity contribution < 1.29 is 18.1 Å². The monoisotopic (exact) mass is 358 g/mol. The molecule has 25 heavy (non-hydrogen) atoms. The molecule has 0 N–H and O–H groups in total. The summed E-state index contributed by atoms with van der Waals surface area (Å²) in [5.41, 5.74) is 0.677. The summed E-state index contributed by atoms with van der Waals surface area (Å²) in [5.74, 6) is -0.617. The van der Waals surface area contributed by atoms with Crippen molar-refractivity contribution in [3.8, 4) is 0 Å². The Morgan fingerprint density at radius 2 is 1.72 bits per heavy atom. The van der Waals surface area contributed by atoms with E-state index in [1.807, 2.05) is 0 Å². The Morgan fingerprint density at radius 3 is 2.24 bits per heavy atom. The molecular formula is C17H14N2O5S. The van der Waals surface area contributed by atoms with Gasteiger partial charge in [-0.2, -0.15) is 0 Å². The van der Waals surface area contributed by atoms with Crippen molar-refractivity contribution in [1.82, 2.24) is 0 Å². The lowest BCUT2D eigenvalue weighted by Gasteiger charge is -2.27. The van der Waals surface area contributed by atoms with E-state index in [4.69, 9.17) is 0 Å². The third-order valence-corrected chi connectivity index (χ3v) is 5.20. The van der Waals surface area contributed by atoms with Gasteiger partial charge in [0.1, 0.15) is 0 Å². The average molecular weight is 358 g/mol. The maximum Gasteiger partial charge on any atom is 0.269 e. The molecule has 8 heteroatoms. The number of rotatable bonds is 4. The molecule has 1 heterocycles. The zero-order valence-corrected chi connectivity index (χ0v) is 13.8. The first-order chi connectivity index (χ1) is 11.9. The van der Waals surface area contributed by atoms with Crippen LogP contribution in [0.2, 0.25) is 0 Å². The molecule has 2 aromatic carbocycles. The molecule has 3 rings (SSSR count). The highest BCUT2D eigenvalue weighted by Gasteiger charge is 2.32. The Hall–Kier alpha value is -3.00. The van der Waals surface area contributed by atoms with Crippen molar-refractivity contribution in [3.63, 3.8) is 0 Å². The summed E-state index contributed by atoms with van der Waals surface area (Å²) >= 11 is 0. The van der Waals surface area contributed by atoms with Crippen LogP contribution in [0, 0.1) is 10.1 Å². The molecule has 0 fully saturated rings. The number of benzene rings is 2. The molecule has 1 amide bonds. The molecule has 0 saturated carbocycles. The van der Waals surface area contributed by atoms with Crippen LogP contribution in [0.5, 0.6) is 0 Å². The molecule has 1 aliphatic rings. The lowest BCUT2D eigenvalue weighted by Crippen LogP contribution is -2.41. The summed E-state index contributed by atoms with van der Waals surface area (Å²) in [4.78, 5) is 24.5. The van der Waals surface area contributed by atoms with Gasteiger partial charge >= 0.3 is 0 Å². The van der Waals surface area contributed by atoms with Gasteiger partial charge in [-0.1, -0.05) is 18.2 Å². The van der Waals surface area contributed by atoms with Crippen LogP contribution in [0.1, 0.15) is 10.4 Å². The molecule has 0 saturated heterocycles. The predicted molar refractivity (Wildman–Crippen MR) is 93.1 cm³/mol. The summed E-state index contributed by atoms with van der Waals surface area (Å²) in [7, 11) is -3.35. The first-order valence-corrected chi connectivity index (χ1v) is 9.13. The third-order valence-electron chi connectivity index (χ3n) is 3.82. The van der Waals surface area contributed by atoms with Gasteiger partial charge < -0.3 is 4.90 Å². The lowest BCUT2D eigenvalue weighted by molar-refractivity contribution is -0.384. The van der Waals surface area contributed by atoms with Crippen LogP contribution in [-0.4, -0.2) is 31.0 Å². The minimum absolute atomic E-state index is 0.119. The fourth-order valence-electron chi connectivity index (χ4n) is 2.63. The highest BCUT2D eigenvalue weighted by Crippen LogP contribution is 2.25. The zero-order valence-electron chi connectivity index (χ0n) is 13.0. The Kier molecular flexibility index (Phi) is 4.37. The van der Waals surface area contributed by atoms with Gasteiger partial charge in [0.2, 0.25) is 0 Å². The number of nitro benzene ring substituents is 1. The molecule has 0 aromatic heterocycles. The van der Waals surface area contributed by atoms with E-state index < -0.39 is 26.7 Å². The van der Waals surface area contributed by atoms with Crippen molar-refractivity contribution in [2.24, 2.45) is 0 Å². The number of carbonyl (C=O) groups excluding carboxylic acids is 1. The maximum absolute atomic E-state index is 13.0. The van der Waals surface area contributed by atoms with Gasteiger partial charge in [-0.05, 0) is 30.3 Å². The van der Waals surface area contributed by atoms with Crippen LogP contribution < -0.4 is 4.90 Å². The van der Waals surface area contributed by atoms with Crippen molar-refractivity contribution in [2.75, 3.05) is 10.7 Å². The molecule has 128 valence electrons. The molecule has 0 radical (unpaired) electrons. The van der Waals surface area contributed by atoms with E-state index in [2.05, 4.69) is 0 Å². The van der Waals surface area contributed by atoms with E-state index in [9.17, 15) is 23.3 Å². The van der Waals surface area contributed by atoms with E-state index >= 15 is 0 Å².